The van der Waals surface area contributed by atoms with Crippen LogP contribution in [0.4, 0.5) is 0 Å². The second-order valence-corrected chi connectivity index (χ2v) is 10.2. The van der Waals surface area contributed by atoms with E-state index < -0.39 is 12.0 Å². The summed E-state index contributed by atoms with van der Waals surface area (Å²) >= 11 is 0. The van der Waals surface area contributed by atoms with E-state index in [0.717, 1.165) is 11.1 Å². The largest absolute Gasteiger partial charge is 0.463 e. The molecule has 0 spiro atoms. The van der Waals surface area contributed by atoms with Crippen molar-refractivity contribution in [2.45, 2.75) is 44.8 Å². The van der Waals surface area contributed by atoms with Crippen molar-refractivity contribution in [3.05, 3.63) is 97.1 Å². The molecule has 0 fully saturated rings. The summed E-state index contributed by atoms with van der Waals surface area (Å²) in [4.78, 5) is 39.0. The highest BCUT2D eigenvalue weighted by atomic mass is 16.5. The fraction of sp³-hybridized carbons (Fsp3) is 0.441. The fourth-order valence-electron chi connectivity index (χ4n) is 4.37. The number of benzene rings is 2. The van der Waals surface area contributed by atoms with Gasteiger partial charge in [-0.2, -0.15) is 0 Å². The van der Waals surface area contributed by atoms with Crippen LogP contribution < -0.4 is 10.6 Å². The van der Waals surface area contributed by atoms with Gasteiger partial charge in [0.15, 0.2) is 0 Å². The highest BCUT2D eigenvalue weighted by Gasteiger charge is 2.26. The Morgan fingerprint density at radius 2 is 1.56 bits per heavy atom. The number of hydrogen-bond acceptors (Lipinski definition) is 7. The van der Waals surface area contributed by atoms with E-state index in [0.29, 0.717) is 32.3 Å². The maximum absolute atomic E-state index is 13.3. The summed E-state index contributed by atoms with van der Waals surface area (Å²) < 4.78 is 16.8. The SMILES string of the molecule is C=CCC[C@H](Cc1ccccc1)C(=O)OC[C@H](COCc1ccccc1)NC(=O)[C@H](CC=C)CC(=O)NCCOCCO. The van der Waals surface area contributed by atoms with E-state index in [1.165, 1.54) is 0 Å². The number of aliphatic hydroxyl groups excluding tert-OH is 1. The molecule has 0 saturated carbocycles. The van der Waals surface area contributed by atoms with Gasteiger partial charge in [0.2, 0.25) is 11.8 Å². The van der Waals surface area contributed by atoms with Crippen molar-refractivity contribution in [3.8, 4) is 0 Å². The van der Waals surface area contributed by atoms with Crippen LogP contribution >= 0.6 is 0 Å². The van der Waals surface area contributed by atoms with Crippen molar-refractivity contribution in [1.29, 1.82) is 0 Å². The number of carbonyl (C=O) groups excluding carboxylic acids is 3. The lowest BCUT2D eigenvalue weighted by Gasteiger charge is -2.23. The van der Waals surface area contributed by atoms with Crippen LogP contribution in [0.5, 0.6) is 0 Å². The van der Waals surface area contributed by atoms with Gasteiger partial charge < -0.3 is 30.0 Å². The lowest BCUT2D eigenvalue weighted by atomic mass is 9.95. The van der Waals surface area contributed by atoms with Crippen molar-refractivity contribution in [3.63, 3.8) is 0 Å². The number of hydrogen-bond donors (Lipinski definition) is 3. The van der Waals surface area contributed by atoms with E-state index >= 15 is 0 Å². The van der Waals surface area contributed by atoms with Gasteiger partial charge in [0.25, 0.3) is 0 Å². The van der Waals surface area contributed by atoms with E-state index in [9.17, 15) is 14.4 Å². The third-order valence-corrected chi connectivity index (χ3v) is 6.64. The molecule has 9 nitrogen and oxygen atoms in total. The summed E-state index contributed by atoms with van der Waals surface area (Å²) in [6.45, 7) is 8.49. The number of aliphatic hydroxyl groups is 1. The van der Waals surface area contributed by atoms with Crippen molar-refractivity contribution >= 4 is 17.8 Å². The fourth-order valence-corrected chi connectivity index (χ4v) is 4.37. The molecule has 0 radical (unpaired) electrons. The Labute approximate surface area is 255 Å². The molecule has 234 valence electrons. The quantitative estimate of drug-likeness (QED) is 0.102. The van der Waals surface area contributed by atoms with Crippen LogP contribution in [0.25, 0.3) is 0 Å². The molecule has 0 aliphatic rings. The Kier molecular flexibility index (Phi) is 18.0. The first kappa shape index (κ1) is 35.4. The molecule has 2 amide bonds. The number of nitrogens with one attached hydrogen (secondary N) is 2. The molecular weight excluding hydrogens is 548 g/mol. The lowest BCUT2D eigenvalue weighted by Crippen LogP contribution is -2.46. The van der Waals surface area contributed by atoms with E-state index in [-0.39, 0.29) is 69.7 Å². The van der Waals surface area contributed by atoms with Crippen molar-refractivity contribution < 1.29 is 33.7 Å². The number of rotatable bonds is 23. The average molecular weight is 595 g/mol. The molecule has 2 aromatic rings. The van der Waals surface area contributed by atoms with Crippen LogP contribution in [0.15, 0.2) is 86.0 Å². The summed E-state index contributed by atoms with van der Waals surface area (Å²) in [7, 11) is 0. The van der Waals surface area contributed by atoms with Crippen molar-refractivity contribution in [2.24, 2.45) is 11.8 Å². The smallest absolute Gasteiger partial charge is 0.309 e. The summed E-state index contributed by atoms with van der Waals surface area (Å²) in [6.07, 6.45) is 5.43. The minimum atomic E-state index is -0.665. The topological polar surface area (TPSA) is 123 Å². The molecule has 0 bridgehead atoms. The van der Waals surface area contributed by atoms with E-state index in [1.807, 2.05) is 60.7 Å². The van der Waals surface area contributed by atoms with Crippen molar-refractivity contribution in [1.82, 2.24) is 10.6 Å². The first-order valence-corrected chi connectivity index (χ1v) is 14.8. The third-order valence-electron chi connectivity index (χ3n) is 6.64. The molecule has 3 N–H and O–H groups in total. The van der Waals surface area contributed by atoms with Gasteiger partial charge in [0.1, 0.15) is 6.61 Å². The third kappa shape index (κ3) is 15.3. The first-order chi connectivity index (χ1) is 21.0. The number of esters is 1. The second kappa shape index (κ2) is 21.8. The molecule has 0 aliphatic carbocycles. The number of ether oxygens (including phenoxy) is 3. The second-order valence-electron chi connectivity index (χ2n) is 10.2. The van der Waals surface area contributed by atoms with Crippen LogP contribution in [0.2, 0.25) is 0 Å². The normalized spacial score (nSPS) is 12.9. The summed E-state index contributed by atoms with van der Waals surface area (Å²) in [5.41, 5.74) is 2.01. The van der Waals surface area contributed by atoms with Crippen LogP contribution in [0.1, 0.15) is 36.8 Å². The highest BCUT2D eigenvalue weighted by molar-refractivity contribution is 5.86. The summed E-state index contributed by atoms with van der Waals surface area (Å²) in [5.74, 6) is -2.03. The maximum atomic E-state index is 13.3. The number of allylic oxidation sites excluding steroid dienone is 2. The Bertz CT molecular complexity index is 1090. The summed E-state index contributed by atoms with van der Waals surface area (Å²) in [6, 6.07) is 18.8. The van der Waals surface area contributed by atoms with Crippen LogP contribution in [-0.2, 0) is 41.6 Å². The molecule has 0 heterocycles. The predicted octanol–water partition coefficient (Wildman–Crippen LogP) is 3.76. The molecule has 3 atom stereocenters. The van der Waals surface area contributed by atoms with Gasteiger partial charge in [-0.1, -0.05) is 72.8 Å². The van der Waals surface area contributed by atoms with Gasteiger partial charge in [-0.05, 0) is 36.8 Å². The molecule has 43 heavy (non-hydrogen) atoms. The molecule has 0 saturated heterocycles. The van der Waals surface area contributed by atoms with Gasteiger partial charge in [0, 0.05) is 13.0 Å². The van der Waals surface area contributed by atoms with Crippen LogP contribution in [0, 0.1) is 11.8 Å². The average Bonchev–Trinajstić information content (AvgIpc) is 3.02. The Balaban J connectivity index is 2.03. The molecule has 0 aliphatic heterocycles. The number of amides is 2. The zero-order valence-electron chi connectivity index (χ0n) is 25.0. The van der Waals surface area contributed by atoms with Crippen molar-refractivity contribution in [2.75, 3.05) is 39.6 Å². The van der Waals surface area contributed by atoms with Gasteiger partial charge in [-0.15, -0.1) is 13.2 Å². The molecule has 2 aromatic carbocycles. The minimum Gasteiger partial charge on any atom is -0.463 e. The molecule has 0 unspecified atom stereocenters. The predicted molar refractivity (Wildman–Crippen MR) is 166 cm³/mol. The van der Waals surface area contributed by atoms with Gasteiger partial charge in [-0.25, -0.2) is 0 Å². The Morgan fingerprint density at radius 3 is 2.21 bits per heavy atom. The van der Waals surface area contributed by atoms with E-state index in [2.05, 4.69) is 23.8 Å². The maximum Gasteiger partial charge on any atom is 0.309 e. The molecular formula is C34H46N2O7. The van der Waals surface area contributed by atoms with Crippen LogP contribution in [-0.4, -0.2) is 68.5 Å². The van der Waals surface area contributed by atoms with E-state index in [4.69, 9.17) is 19.3 Å². The van der Waals surface area contributed by atoms with E-state index in [1.54, 1.807) is 12.2 Å². The monoisotopic (exact) mass is 594 g/mol. The Hall–Kier alpha value is -3.79. The first-order valence-electron chi connectivity index (χ1n) is 14.8. The molecule has 9 heteroatoms. The molecule has 0 aromatic heterocycles. The van der Waals surface area contributed by atoms with Gasteiger partial charge >= 0.3 is 5.97 Å². The lowest BCUT2D eigenvalue weighted by molar-refractivity contribution is -0.150. The van der Waals surface area contributed by atoms with Gasteiger partial charge in [0.05, 0.1) is 50.9 Å². The Morgan fingerprint density at radius 1 is 0.860 bits per heavy atom. The van der Waals surface area contributed by atoms with Gasteiger partial charge in [-0.3, -0.25) is 14.4 Å². The zero-order valence-corrected chi connectivity index (χ0v) is 25.0. The van der Waals surface area contributed by atoms with Crippen LogP contribution in [0.3, 0.4) is 0 Å². The highest BCUT2D eigenvalue weighted by Crippen LogP contribution is 2.17. The zero-order chi connectivity index (χ0) is 31.1. The summed E-state index contributed by atoms with van der Waals surface area (Å²) in [5, 5.41) is 14.4. The number of carbonyl (C=O) groups is 3. The minimum absolute atomic E-state index is 0.0457. The standard InChI is InChI=1S/C34H46N2O7/c1-3-5-17-30(22-27-13-8-6-9-14-27)34(40)43-26-31(25-42-24-28-15-10-7-11-16-28)36-33(39)29(12-4-2)23-32(38)35-18-20-41-21-19-37/h3-4,6-11,13-16,29-31,37H,1-2,5,12,17-26H2,(H,35,38)(H,36,39)/t29-,30-,31+/m1/s1. The molecule has 2 rings (SSSR count).